The van der Waals surface area contributed by atoms with Crippen LogP contribution in [0.5, 0.6) is 0 Å². The van der Waals surface area contributed by atoms with E-state index in [1.165, 1.54) is 22.7 Å². The number of nitrogen functional groups attached to an aromatic ring is 1. The van der Waals surface area contributed by atoms with Gasteiger partial charge >= 0.3 is 0 Å². The second-order valence-electron chi connectivity index (χ2n) is 4.87. The Morgan fingerprint density at radius 1 is 1.36 bits per heavy atom. The number of rotatable bonds is 4. The van der Waals surface area contributed by atoms with E-state index in [2.05, 4.69) is 15.0 Å². The number of aliphatic hydroxyl groups excluding tert-OH is 3. The number of nitrogens with zero attached hydrogens (tertiary/aromatic N) is 4. The van der Waals surface area contributed by atoms with Crippen LogP contribution in [0.2, 0.25) is 0 Å². The van der Waals surface area contributed by atoms with Crippen molar-refractivity contribution < 1.29 is 20.1 Å². The summed E-state index contributed by atoms with van der Waals surface area (Å²) in [6.45, 7) is 1.59. The highest BCUT2D eigenvalue weighted by atomic mass is 32.2. The van der Waals surface area contributed by atoms with E-state index in [0.29, 0.717) is 16.2 Å². The van der Waals surface area contributed by atoms with E-state index in [4.69, 9.17) is 10.5 Å². The Bertz CT molecular complexity index is 681. The molecule has 1 aliphatic heterocycles. The molecule has 4 atom stereocenters. The number of imidazole rings is 1. The Morgan fingerprint density at radius 3 is 2.77 bits per heavy atom. The maximum absolute atomic E-state index is 10.1. The first-order chi connectivity index (χ1) is 10.6. The van der Waals surface area contributed by atoms with Crippen LogP contribution in [0.15, 0.2) is 11.4 Å². The lowest BCUT2D eigenvalue weighted by molar-refractivity contribution is -0.0511. The first-order valence-electron chi connectivity index (χ1n) is 6.82. The van der Waals surface area contributed by atoms with Crippen molar-refractivity contribution in [1.82, 2.24) is 19.5 Å². The molecule has 1 fully saturated rings. The van der Waals surface area contributed by atoms with Gasteiger partial charge in [-0.25, -0.2) is 9.97 Å². The minimum Gasteiger partial charge on any atom is -0.394 e. The fourth-order valence-corrected chi connectivity index (χ4v) is 3.15. The highest BCUT2D eigenvalue weighted by molar-refractivity contribution is 7.99. The summed E-state index contributed by atoms with van der Waals surface area (Å²) in [5.74, 6) is 0.892. The van der Waals surface area contributed by atoms with Gasteiger partial charge in [0.05, 0.1) is 12.9 Å². The molecule has 1 aliphatic rings. The molecule has 0 aliphatic carbocycles. The van der Waals surface area contributed by atoms with E-state index < -0.39 is 31.1 Å². The highest BCUT2D eigenvalue weighted by Gasteiger charge is 2.44. The number of aromatic nitrogens is 4. The number of ether oxygens (including phenoxy) is 1. The van der Waals surface area contributed by atoms with Gasteiger partial charge in [0.25, 0.3) is 0 Å². The van der Waals surface area contributed by atoms with Crippen LogP contribution in [-0.4, -0.2) is 65.5 Å². The highest BCUT2D eigenvalue weighted by Crippen LogP contribution is 2.33. The maximum atomic E-state index is 10.1. The number of hydrogen-bond acceptors (Lipinski definition) is 9. The van der Waals surface area contributed by atoms with Crippen LogP contribution in [0.4, 0.5) is 5.95 Å². The third-order valence-corrected chi connectivity index (χ3v) is 4.33. The van der Waals surface area contributed by atoms with Gasteiger partial charge < -0.3 is 25.8 Å². The van der Waals surface area contributed by atoms with Crippen molar-refractivity contribution in [1.29, 1.82) is 0 Å². The molecule has 0 unspecified atom stereocenters. The molecule has 2 aromatic heterocycles. The number of hydrogen-bond donors (Lipinski definition) is 4. The van der Waals surface area contributed by atoms with Crippen LogP contribution in [0.25, 0.3) is 11.2 Å². The fraction of sp³-hybridized carbons (Fsp3) is 0.583. The average Bonchev–Trinajstić information content (AvgIpc) is 3.02. The monoisotopic (exact) mass is 327 g/mol. The summed E-state index contributed by atoms with van der Waals surface area (Å²) < 4.78 is 6.99. The number of fused-ring (bicyclic) bond motifs is 1. The molecule has 5 N–H and O–H groups in total. The van der Waals surface area contributed by atoms with Crippen molar-refractivity contribution in [2.24, 2.45) is 0 Å². The standard InChI is InChI=1S/C12H17N5O4S/c1-2-22-10-6-9(15-12(13)16-10)17(4-14-6)11-8(20)7(19)5(3-18)21-11/h4-5,7-8,11,18-20H,2-3H2,1H3,(H2,13,15,16)/t5-,7+,8+,11+/m0/s1. The second-order valence-corrected chi connectivity index (χ2v) is 6.13. The molecule has 0 spiro atoms. The summed E-state index contributed by atoms with van der Waals surface area (Å²) in [6, 6.07) is 0. The van der Waals surface area contributed by atoms with Gasteiger partial charge in [0, 0.05) is 0 Å². The van der Waals surface area contributed by atoms with Crippen LogP contribution in [0, 0.1) is 0 Å². The largest absolute Gasteiger partial charge is 0.394 e. The Hall–Kier alpha value is -1.46. The van der Waals surface area contributed by atoms with Crippen LogP contribution in [0.1, 0.15) is 13.2 Å². The summed E-state index contributed by atoms with van der Waals surface area (Å²) in [5.41, 5.74) is 6.70. The second kappa shape index (κ2) is 5.97. The van der Waals surface area contributed by atoms with Gasteiger partial charge in [-0.3, -0.25) is 4.57 Å². The van der Waals surface area contributed by atoms with Crippen LogP contribution < -0.4 is 5.73 Å². The van der Waals surface area contributed by atoms with Gasteiger partial charge in [-0.05, 0) is 5.75 Å². The van der Waals surface area contributed by atoms with Crippen molar-refractivity contribution >= 4 is 28.9 Å². The number of nitrogens with two attached hydrogens (primary N) is 1. The van der Waals surface area contributed by atoms with E-state index >= 15 is 0 Å². The zero-order chi connectivity index (χ0) is 15.9. The van der Waals surface area contributed by atoms with E-state index in [1.807, 2.05) is 6.92 Å². The molecule has 3 heterocycles. The van der Waals surface area contributed by atoms with Gasteiger partial charge in [0.2, 0.25) is 5.95 Å². The smallest absolute Gasteiger partial charge is 0.223 e. The first-order valence-corrected chi connectivity index (χ1v) is 7.80. The van der Waals surface area contributed by atoms with E-state index in [9.17, 15) is 15.3 Å². The predicted octanol–water partition coefficient (Wildman–Crippen LogP) is -0.868. The number of anilines is 1. The first kappa shape index (κ1) is 15.4. The molecule has 120 valence electrons. The van der Waals surface area contributed by atoms with Gasteiger partial charge in [0.15, 0.2) is 11.9 Å². The zero-order valence-corrected chi connectivity index (χ0v) is 12.6. The normalized spacial score (nSPS) is 28.5. The molecule has 0 bridgehead atoms. The molecule has 1 saturated heterocycles. The molecule has 9 nitrogen and oxygen atoms in total. The third-order valence-electron chi connectivity index (χ3n) is 3.48. The van der Waals surface area contributed by atoms with Gasteiger partial charge in [-0.15, -0.1) is 11.8 Å². The average molecular weight is 327 g/mol. The molecular formula is C12H17N5O4S. The molecular weight excluding hydrogens is 310 g/mol. The number of aliphatic hydroxyl groups is 3. The topological polar surface area (TPSA) is 140 Å². The van der Waals surface area contributed by atoms with Crippen molar-refractivity contribution in [3.05, 3.63) is 6.33 Å². The van der Waals surface area contributed by atoms with E-state index in [0.717, 1.165) is 5.75 Å². The van der Waals surface area contributed by atoms with Crippen LogP contribution in [-0.2, 0) is 4.74 Å². The molecule has 22 heavy (non-hydrogen) atoms. The Morgan fingerprint density at radius 2 is 2.14 bits per heavy atom. The third kappa shape index (κ3) is 2.42. The lowest BCUT2D eigenvalue weighted by Gasteiger charge is -2.16. The zero-order valence-electron chi connectivity index (χ0n) is 11.8. The predicted molar refractivity (Wildman–Crippen MR) is 79.1 cm³/mol. The molecule has 3 rings (SSSR count). The summed E-state index contributed by atoms with van der Waals surface area (Å²) in [7, 11) is 0. The van der Waals surface area contributed by atoms with E-state index in [-0.39, 0.29) is 5.95 Å². The van der Waals surface area contributed by atoms with Gasteiger partial charge in [0.1, 0.15) is 28.9 Å². The van der Waals surface area contributed by atoms with Crippen molar-refractivity contribution in [2.45, 2.75) is 36.5 Å². The Kier molecular flexibility index (Phi) is 4.19. The van der Waals surface area contributed by atoms with Crippen molar-refractivity contribution in [2.75, 3.05) is 18.1 Å². The lowest BCUT2D eigenvalue weighted by atomic mass is 10.1. The van der Waals surface area contributed by atoms with Gasteiger partial charge in [-0.2, -0.15) is 4.98 Å². The van der Waals surface area contributed by atoms with E-state index in [1.54, 1.807) is 0 Å². The van der Waals surface area contributed by atoms with Crippen LogP contribution in [0.3, 0.4) is 0 Å². The minimum atomic E-state index is -1.20. The summed E-state index contributed by atoms with van der Waals surface area (Å²) in [5, 5.41) is 29.8. The van der Waals surface area contributed by atoms with Crippen LogP contribution >= 0.6 is 11.8 Å². The quantitative estimate of drug-likeness (QED) is 0.417. The lowest BCUT2D eigenvalue weighted by Crippen LogP contribution is -2.33. The Labute approximate surface area is 130 Å². The molecule has 2 aromatic rings. The molecule has 10 heteroatoms. The summed E-state index contributed by atoms with van der Waals surface area (Å²) >= 11 is 1.48. The minimum absolute atomic E-state index is 0.0944. The molecule has 0 radical (unpaired) electrons. The Balaban J connectivity index is 2.05. The SMILES string of the molecule is CCSc1nc(N)nc2c1ncn2[C@@H]1O[C@@H](CO)[C@@H](O)[C@H]1O. The summed E-state index contributed by atoms with van der Waals surface area (Å²) in [6.07, 6.45) is -2.69. The van der Waals surface area contributed by atoms with Crippen molar-refractivity contribution in [3.8, 4) is 0 Å². The van der Waals surface area contributed by atoms with Crippen molar-refractivity contribution in [3.63, 3.8) is 0 Å². The number of thioether (sulfide) groups is 1. The summed E-state index contributed by atoms with van der Waals surface area (Å²) in [4.78, 5) is 12.6. The van der Waals surface area contributed by atoms with Gasteiger partial charge in [-0.1, -0.05) is 6.92 Å². The molecule has 0 amide bonds. The molecule has 0 saturated carbocycles. The molecule has 0 aromatic carbocycles. The fourth-order valence-electron chi connectivity index (χ4n) is 2.44. The maximum Gasteiger partial charge on any atom is 0.223 e.